The van der Waals surface area contributed by atoms with Crippen molar-refractivity contribution in [3.8, 4) is 0 Å². The predicted octanol–water partition coefficient (Wildman–Crippen LogP) is 3.17. The fourth-order valence-electron chi connectivity index (χ4n) is 1.16. The van der Waals surface area contributed by atoms with Crippen molar-refractivity contribution in [2.75, 3.05) is 5.73 Å². The Bertz CT molecular complexity index is 499. The first kappa shape index (κ1) is 11.2. The van der Waals surface area contributed by atoms with Gasteiger partial charge >= 0.3 is 0 Å². The van der Waals surface area contributed by atoms with Gasteiger partial charge in [0, 0.05) is 4.90 Å². The van der Waals surface area contributed by atoms with E-state index in [0.717, 1.165) is 4.90 Å². The molecule has 16 heavy (non-hydrogen) atoms. The average molecular weight is 252 g/mol. The van der Waals surface area contributed by atoms with Crippen molar-refractivity contribution >= 4 is 29.1 Å². The Balaban J connectivity index is 2.27. The first-order valence-corrected chi connectivity index (χ1v) is 5.87. The Morgan fingerprint density at radius 3 is 2.56 bits per heavy atom. The number of anilines is 1. The number of aromatic nitrogens is 2. The minimum absolute atomic E-state index is 0.296. The van der Waals surface area contributed by atoms with Crippen molar-refractivity contribution in [3.63, 3.8) is 0 Å². The van der Waals surface area contributed by atoms with Crippen molar-refractivity contribution in [2.24, 2.45) is 0 Å². The molecule has 0 aliphatic carbocycles. The van der Waals surface area contributed by atoms with Crippen LogP contribution in [0.5, 0.6) is 0 Å². The van der Waals surface area contributed by atoms with Crippen molar-refractivity contribution in [2.45, 2.75) is 16.8 Å². The molecule has 2 aromatic rings. The van der Waals surface area contributed by atoms with Crippen LogP contribution in [-0.4, -0.2) is 9.97 Å². The van der Waals surface area contributed by atoms with Gasteiger partial charge in [0.25, 0.3) is 0 Å². The Morgan fingerprint density at radius 1 is 1.19 bits per heavy atom. The number of hydrogen-bond acceptors (Lipinski definition) is 4. The lowest BCUT2D eigenvalue weighted by atomic mass is 10.2. The molecular weight excluding hydrogens is 242 g/mol. The van der Waals surface area contributed by atoms with Gasteiger partial charge in [-0.1, -0.05) is 41.1 Å². The number of aryl methyl sites for hydroxylation is 1. The Labute approximate surface area is 103 Å². The third kappa shape index (κ3) is 2.46. The highest BCUT2D eigenvalue weighted by Crippen LogP contribution is 2.32. The van der Waals surface area contributed by atoms with Crippen molar-refractivity contribution in [3.05, 3.63) is 41.3 Å². The van der Waals surface area contributed by atoms with Gasteiger partial charge in [-0.3, -0.25) is 0 Å². The van der Waals surface area contributed by atoms with E-state index in [0.29, 0.717) is 15.9 Å². The van der Waals surface area contributed by atoms with Crippen LogP contribution >= 0.6 is 23.4 Å². The van der Waals surface area contributed by atoms with Gasteiger partial charge in [0.1, 0.15) is 17.0 Å². The van der Waals surface area contributed by atoms with E-state index >= 15 is 0 Å². The summed E-state index contributed by atoms with van der Waals surface area (Å²) < 4.78 is 0. The third-order valence-electron chi connectivity index (χ3n) is 2.03. The minimum atomic E-state index is 0.296. The monoisotopic (exact) mass is 251 g/mol. The van der Waals surface area contributed by atoms with Crippen molar-refractivity contribution < 1.29 is 0 Å². The summed E-state index contributed by atoms with van der Waals surface area (Å²) in [6, 6.07) is 8.13. The molecule has 82 valence electrons. The number of hydrogen-bond donors (Lipinski definition) is 1. The zero-order chi connectivity index (χ0) is 11.5. The maximum absolute atomic E-state index is 5.82. The molecule has 0 spiro atoms. The summed E-state index contributed by atoms with van der Waals surface area (Å²) in [5.74, 6) is 0. The molecule has 1 aromatic heterocycles. The Kier molecular flexibility index (Phi) is 3.31. The molecule has 0 bridgehead atoms. The highest BCUT2D eigenvalue weighted by atomic mass is 35.5. The molecule has 2 N–H and O–H groups in total. The summed E-state index contributed by atoms with van der Waals surface area (Å²) in [5, 5.41) is 0.980. The van der Waals surface area contributed by atoms with E-state index in [1.165, 1.54) is 23.7 Å². The summed E-state index contributed by atoms with van der Waals surface area (Å²) in [7, 11) is 0. The van der Waals surface area contributed by atoms with E-state index in [1.807, 2.05) is 31.2 Å². The number of nitrogens with zero attached hydrogens (tertiary/aromatic N) is 2. The van der Waals surface area contributed by atoms with Gasteiger partial charge in [-0.2, -0.15) is 0 Å². The van der Waals surface area contributed by atoms with Crippen LogP contribution in [0.15, 0.2) is 40.5 Å². The van der Waals surface area contributed by atoms with Gasteiger partial charge < -0.3 is 5.73 Å². The lowest BCUT2D eigenvalue weighted by Gasteiger charge is -2.04. The first-order chi connectivity index (χ1) is 7.66. The molecular formula is C11H10ClN3S. The Hall–Kier alpha value is -1.26. The quantitative estimate of drug-likeness (QED) is 0.833. The molecule has 0 saturated heterocycles. The molecule has 0 amide bonds. The molecule has 1 heterocycles. The van der Waals surface area contributed by atoms with E-state index < -0.39 is 0 Å². The van der Waals surface area contributed by atoms with Crippen LogP contribution in [-0.2, 0) is 0 Å². The van der Waals surface area contributed by atoms with Crippen LogP contribution in [0.3, 0.4) is 0 Å². The van der Waals surface area contributed by atoms with Gasteiger partial charge in [0.05, 0.1) is 0 Å². The maximum atomic E-state index is 5.82. The van der Waals surface area contributed by atoms with Gasteiger partial charge in [-0.05, 0) is 19.1 Å². The third-order valence-corrected chi connectivity index (χ3v) is 3.36. The molecule has 0 radical (unpaired) electrons. The standard InChI is InChI=1S/C11H10ClN3S/c1-7-2-4-8(5-3-7)16-11-9(13)10(12)14-6-15-11/h2-6H,13H2,1H3. The lowest BCUT2D eigenvalue weighted by Crippen LogP contribution is -1.94. The second-order valence-corrected chi connectivity index (χ2v) is 4.72. The van der Waals surface area contributed by atoms with E-state index in [-0.39, 0.29) is 0 Å². The molecule has 1 aromatic carbocycles. The van der Waals surface area contributed by atoms with Crippen molar-refractivity contribution in [1.82, 2.24) is 9.97 Å². The lowest BCUT2D eigenvalue weighted by molar-refractivity contribution is 1.06. The average Bonchev–Trinajstić information content (AvgIpc) is 2.28. The molecule has 0 atom stereocenters. The number of nitrogen functional groups attached to an aromatic ring is 1. The highest BCUT2D eigenvalue weighted by Gasteiger charge is 2.07. The summed E-state index contributed by atoms with van der Waals surface area (Å²) in [6.45, 7) is 2.05. The second kappa shape index (κ2) is 4.72. The molecule has 0 fully saturated rings. The van der Waals surface area contributed by atoms with Crippen LogP contribution in [0, 0.1) is 6.92 Å². The smallest absolute Gasteiger partial charge is 0.156 e. The number of benzene rings is 1. The number of nitrogens with two attached hydrogens (primary N) is 1. The van der Waals surface area contributed by atoms with Gasteiger partial charge in [0.15, 0.2) is 5.15 Å². The van der Waals surface area contributed by atoms with E-state index in [2.05, 4.69) is 9.97 Å². The molecule has 3 nitrogen and oxygen atoms in total. The fourth-order valence-corrected chi connectivity index (χ4v) is 2.15. The maximum Gasteiger partial charge on any atom is 0.156 e. The number of halogens is 1. The predicted molar refractivity (Wildman–Crippen MR) is 66.8 cm³/mol. The minimum Gasteiger partial charge on any atom is -0.394 e. The topological polar surface area (TPSA) is 51.8 Å². The molecule has 0 aliphatic rings. The van der Waals surface area contributed by atoms with Crippen LogP contribution in [0.4, 0.5) is 5.69 Å². The van der Waals surface area contributed by atoms with E-state index in [1.54, 1.807) is 0 Å². The van der Waals surface area contributed by atoms with Crippen molar-refractivity contribution in [1.29, 1.82) is 0 Å². The summed E-state index contributed by atoms with van der Waals surface area (Å²) in [4.78, 5) is 8.99. The summed E-state index contributed by atoms with van der Waals surface area (Å²) in [6.07, 6.45) is 1.41. The first-order valence-electron chi connectivity index (χ1n) is 4.67. The van der Waals surface area contributed by atoms with Gasteiger partial charge in [-0.15, -0.1) is 0 Å². The van der Waals surface area contributed by atoms with Gasteiger partial charge in [0.2, 0.25) is 0 Å². The largest absolute Gasteiger partial charge is 0.394 e. The summed E-state index contributed by atoms with van der Waals surface area (Å²) >= 11 is 7.29. The fraction of sp³-hybridized carbons (Fsp3) is 0.0909. The van der Waals surface area contributed by atoms with Crippen LogP contribution in [0.1, 0.15) is 5.56 Å². The molecule has 0 aliphatic heterocycles. The van der Waals surface area contributed by atoms with E-state index in [4.69, 9.17) is 17.3 Å². The number of rotatable bonds is 2. The van der Waals surface area contributed by atoms with Gasteiger partial charge in [-0.25, -0.2) is 9.97 Å². The molecule has 0 unspecified atom stereocenters. The molecule has 2 rings (SSSR count). The Morgan fingerprint density at radius 2 is 1.88 bits per heavy atom. The molecule has 5 heteroatoms. The van der Waals surface area contributed by atoms with E-state index in [9.17, 15) is 0 Å². The van der Waals surface area contributed by atoms with Crippen LogP contribution < -0.4 is 5.73 Å². The summed E-state index contributed by atoms with van der Waals surface area (Å²) in [5.41, 5.74) is 7.43. The second-order valence-electron chi connectivity index (χ2n) is 3.30. The SMILES string of the molecule is Cc1ccc(Sc2ncnc(Cl)c2N)cc1. The zero-order valence-corrected chi connectivity index (χ0v) is 10.2. The van der Waals surface area contributed by atoms with Crippen LogP contribution in [0.25, 0.3) is 0 Å². The zero-order valence-electron chi connectivity index (χ0n) is 8.64. The highest BCUT2D eigenvalue weighted by molar-refractivity contribution is 7.99. The van der Waals surface area contributed by atoms with Crippen LogP contribution in [0.2, 0.25) is 5.15 Å². The normalized spacial score (nSPS) is 10.4. The molecule has 0 saturated carbocycles.